The minimum atomic E-state index is -1.05. The molecule has 1 heterocycles. The number of anilines is 1. The van der Waals surface area contributed by atoms with Crippen LogP contribution in [0.25, 0.3) is 0 Å². The van der Waals surface area contributed by atoms with E-state index in [4.69, 9.17) is 30.5 Å². The number of para-hydroxylation sites is 1. The molecule has 0 saturated heterocycles. The number of nitrogens with one attached hydrogen (secondary N) is 1. The molecule has 30 heavy (non-hydrogen) atoms. The maximum Gasteiger partial charge on any atom is 0.308 e. The maximum atomic E-state index is 12.8. The summed E-state index contributed by atoms with van der Waals surface area (Å²) in [7, 11) is 1.55. The minimum Gasteiger partial charge on any atom is -0.493 e. The van der Waals surface area contributed by atoms with Gasteiger partial charge in [0, 0.05) is 21.8 Å². The van der Waals surface area contributed by atoms with Crippen molar-refractivity contribution in [2.45, 2.75) is 32.5 Å². The molecule has 1 aliphatic heterocycles. The van der Waals surface area contributed by atoms with Crippen LogP contribution < -0.4 is 14.8 Å². The fourth-order valence-corrected chi connectivity index (χ4v) is 3.51. The van der Waals surface area contributed by atoms with Crippen molar-refractivity contribution in [3.63, 3.8) is 0 Å². The van der Waals surface area contributed by atoms with Gasteiger partial charge >= 0.3 is 5.97 Å². The Balaban J connectivity index is 2.11. The molecular weight excluding hydrogens is 410 g/mol. The number of ether oxygens (including phenoxy) is 4. The molecule has 3 rings (SSSR count). The number of carbonyl (C=O) groups is 2. The molecule has 160 valence electrons. The highest BCUT2D eigenvalue weighted by atomic mass is 35.5. The number of fused-ring (bicyclic) bond motifs is 1. The first kappa shape index (κ1) is 21.9. The number of esters is 1. The van der Waals surface area contributed by atoms with Gasteiger partial charge in [0.1, 0.15) is 12.2 Å². The monoisotopic (exact) mass is 433 g/mol. The lowest BCUT2D eigenvalue weighted by Gasteiger charge is -2.24. The third kappa shape index (κ3) is 4.68. The summed E-state index contributed by atoms with van der Waals surface area (Å²) in [5, 5.41) is 3.31. The van der Waals surface area contributed by atoms with E-state index in [0.29, 0.717) is 39.9 Å². The Bertz CT molecular complexity index is 932. The second kappa shape index (κ2) is 9.82. The molecule has 0 unspecified atom stereocenters. The van der Waals surface area contributed by atoms with Gasteiger partial charge in [-0.3, -0.25) is 9.59 Å². The Morgan fingerprint density at radius 2 is 1.97 bits per heavy atom. The zero-order valence-corrected chi connectivity index (χ0v) is 17.8. The molecule has 8 heteroatoms. The van der Waals surface area contributed by atoms with Crippen LogP contribution in [0.3, 0.4) is 0 Å². The summed E-state index contributed by atoms with van der Waals surface area (Å²) >= 11 is 6.24. The van der Waals surface area contributed by atoms with E-state index >= 15 is 0 Å². The average Bonchev–Trinajstić information content (AvgIpc) is 2.85. The number of carbonyl (C=O) groups excluding carboxylic acids is 2. The van der Waals surface area contributed by atoms with Gasteiger partial charge in [-0.15, -0.1) is 0 Å². The fourth-order valence-electron chi connectivity index (χ4n) is 3.33. The number of benzene rings is 2. The van der Waals surface area contributed by atoms with Crippen LogP contribution in [0.15, 0.2) is 36.4 Å². The molecular formula is C22H24ClNO6. The van der Waals surface area contributed by atoms with Crippen molar-refractivity contribution in [1.29, 1.82) is 0 Å². The van der Waals surface area contributed by atoms with Crippen LogP contribution in [0.1, 0.15) is 37.5 Å². The van der Waals surface area contributed by atoms with Crippen LogP contribution in [-0.2, 0) is 19.1 Å². The van der Waals surface area contributed by atoms with Crippen molar-refractivity contribution in [1.82, 2.24) is 0 Å². The van der Waals surface area contributed by atoms with Crippen molar-refractivity contribution in [3.05, 3.63) is 52.5 Å². The molecule has 1 N–H and O–H groups in total. The maximum absolute atomic E-state index is 12.8. The number of halogens is 1. The lowest BCUT2D eigenvalue weighted by atomic mass is 9.98. The van der Waals surface area contributed by atoms with Crippen molar-refractivity contribution in [2.75, 3.05) is 25.6 Å². The first-order valence-electron chi connectivity index (χ1n) is 9.69. The van der Waals surface area contributed by atoms with Gasteiger partial charge in [-0.1, -0.05) is 23.7 Å². The zero-order chi connectivity index (χ0) is 21.7. The van der Waals surface area contributed by atoms with E-state index in [1.165, 1.54) is 0 Å². The molecule has 2 aromatic rings. The Morgan fingerprint density at radius 3 is 2.67 bits per heavy atom. The molecule has 2 atom stereocenters. The lowest BCUT2D eigenvalue weighted by molar-refractivity contribution is -0.150. The van der Waals surface area contributed by atoms with Crippen molar-refractivity contribution < 1.29 is 28.5 Å². The highest BCUT2D eigenvalue weighted by molar-refractivity contribution is 6.30. The number of amides is 1. The summed E-state index contributed by atoms with van der Waals surface area (Å²) < 4.78 is 22.5. The SMILES string of the molecule is CCOC(=O)C[C@H]1O[C@H](c2cccc(OC)c2OCC)c2cc(Cl)ccc2NC1=O. The van der Waals surface area contributed by atoms with Gasteiger partial charge < -0.3 is 24.3 Å². The van der Waals surface area contributed by atoms with Gasteiger partial charge in [0.25, 0.3) is 5.91 Å². The predicted molar refractivity (Wildman–Crippen MR) is 112 cm³/mol. The van der Waals surface area contributed by atoms with Gasteiger partial charge in [0.05, 0.1) is 26.7 Å². The zero-order valence-electron chi connectivity index (χ0n) is 17.1. The number of methoxy groups -OCH3 is 1. The van der Waals surface area contributed by atoms with E-state index in [2.05, 4.69) is 5.32 Å². The van der Waals surface area contributed by atoms with Gasteiger partial charge in [-0.05, 0) is 38.1 Å². The summed E-state index contributed by atoms with van der Waals surface area (Å²) in [4.78, 5) is 24.8. The van der Waals surface area contributed by atoms with E-state index < -0.39 is 24.1 Å². The van der Waals surface area contributed by atoms with Crippen LogP contribution in [0.5, 0.6) is 11.5 Å². The molecule has 0 aromatic heterocycles. The molecule has 0 aliphatic carbocycles. The van der Waals surface area contributed by atoms with E-state index in [1.54, 1.807) is 38.3 Å². The van der Waals surface area contributed by atoms with E-state index in [0.717, 1.165) is 0 Å². The van der Waals surface area contributed by atoms with Crippen LogP contribution in [0.4, 0.5) is 5.69 Å². The molecule has 7 nitrogen and oxygen atoms in total. The number of hydrogen-bond donors (Lipinski definition) is 1. The molecule has 1 amide bonds. The van der Waals surface area contributed by atoms with Crippen molar-refractivity contribution in [3.8, 4) is 11.5 Å². The summed E-state index contributed by atoms with van der Waals surface area (Å²) in [6, 6.07) is 10.5. The Kier molecular flexibility index (Phi) is 7.18. The number of hydrogen-bond acceptors (Lipinski definition) is 6. The van der Waals surface area contributed by atoms with E-state index in [1.807, 2.05) is 19.1 Å². The molecule has 0 radical (unpaired) electrons. The third-order valence-electron chi connectivity index (χ3n) is 4.60. The van der Waals surface area contributed by atoms with E-state index in [9.17, 15) is 9.59 Å². The van der Waals surface area contributed by atoms with Gasteiger partial charge in [-0.2, -0.15) is 0 Å². The minimum absolute atomic E-state index is 0.216. The van der Waals surface area contributed by atoms with Crippen LogP contribution in [0.2, 0.25) is 5.02 Å². The van der Waals surface area contributed by atoms with Crippen molar-refractivity contribution in [2.24, 2.45) is 0 Å². The molecule has 1 aliphatic rings. The first-order chi connectivity index (χ1) is 14.5. The van der Waals surface area contributed by atoms with Gasteiger partial charge in [0.15, 0.2) is 11.5 Å². The summed E-state index contributed by atoms with van der Waals surface area (Å²) in [5.74, 6) is 0.0840. The van der Waals surface area contributed by atoms with Crippen LogP contribution in [-0.4, -0.2) is 38.3 Å². The predicted octanol–water partition coefficient (Wildman–Crippen LogP) is 4.13. The highest BCUT2D eigenvalue weighted by Gasteiger charge is 2.35. The normalized spacial score (nSPS) is 18.1. The number of rotatable bonds is 7. The van der Waals surface area contributed by atoms with Crippen LogP contribution >= 0.6 is 11.6 Å². The summed E-state index contributed by atoms with van der Waals surface area (Å²) in [6.45, 7) is 4.20. The quantitative estimate of drug-likeness (QED) is 0.661. The summed E-state index contributed by atoms with van der Waals surface area (Å²) in [6.07, 6.45) is -2.00. The molecule has 0 saturated carbocycles. The van der Waals surface area contributed by atoms with Gasteiger partial charge in [-0.25, -0.2) is 0 Å². The Hall–Kier alpha value is -2.77. The Labute approximate surface area is 180 Å². The standard InChI is InChI=1S/C22H24ClNO6/c1-4-28-19(25)12-18-22(26)24-16-10-9-13(23)11-15(16)20(30-18)14-7-6-8-17(27-3)21(14)29-5-2/h6-11,18,20H,4-5,12H2,1-3H3,(H,24,26)/t18-,20-/m1/s1. The molecule has 0 fully saturated rings. The largest absolute Gasteiger partial charge is 0.493 e. The molecule has 0 bridgehead atoms. The van der Waals surface area contributed by atoms with Gasteiger partial charge in [0.2, 0.25) is 0 Å². The second-order valence-electron chi connectivity index (χ2n) is 6.55. The van der Waals surface area contributed by atoms with E-state index in [-0.39, 0.29) is 13.0 Å². The smallest absolute Gasteiger partial charge is 0.308 e. The van der Waals surface area contributed by atoms with Crippen molar-refractivity contribution >= 4 is 29.2 Å². The van der Waals surface area contributed by atoms with Crippen LogP contribution in [0, 0.1) is 0 Å². The highest BCUT2D eigenvalue weighted by Crippen LogP contribution is 2.43. The summed E-state index contributed by atoms with van der Waals surface area (Å²) in [5.41, 5.74) is 1.85. The lowest BCUT2D eigenvalue weighted by Crippen LogP contribution is -2.32. The second-order valence-corrected chi connectivity index (χ2v) is 6.98. The average molecular weight is 434 g/mol. The molecule has 0 spiro atoms. The third-order valence-corrected chi connectivity index (χ3v) is 4.84. The fraction of sp³-hybridized carbons (Fsp3) is 0.364. The first-order valence-corrected chi connectivity index (χ1v) is 10.1. The topological polar surface area (TPSA) is 83.1 Å². The Morgan fingerprint density at radius 1 is 1.17 bits per heavy atom. The molecule has 2 aromatic carbocycles.